The fourth-order valence-corrected chi connectivity index (χ4v) is 6.93. The zero-order valence-electron chi connectivity index (χ0n) is 18.1. The number of ether oxygens (including phenoxy) is 1. The molecule has 170 valence electrons. The zero-order valence-corrected chi connectivity index (χ0v) is 20.7. The molecule has 0 aromatic carbocycles. The van der Waals surface area contributed by atoms with Crippen molar-refractivity contribution < 1.29 is 4.74 Å². The van der Waals surface area contributed by atoms with E-state index in [1.54, 1.807) is 0 Å². The largest absolute Gasteiger partial charge is 0.378 e. The Kier molecular flexibility index (Phi) is 11.9. The van der Waals surface area contributed by atoms with E-state index in [4.69, 9.17) is 17.4 Å². The molecule has 2 atom stereocenters. The first-order chi connectivity index (χ1) is 14.3. The van der Waals surface area contributed by atoms with Gasteiger partial charge < -0.3 is 15.0 Å². The summed E-state index contributed by atoms with van der Waals surface area (Å²) in [7, 11) is 0. The van der Waals surface area contributed by atoms with Crippen LogP contribution in [0.3, 0.4) is 0 Å². The van der Waals surface area contributed by atoms with Crippen LogP contribution in [-0.4, -0.2) is 96.9 Å². The Hall–Kier alpha value is 0.890. The third-order valence-electron chi connectivity index (χ3n) is 6.92. The molecule has 2 aliphatic heterocycles. The fraction of sp³-hybridized carbons (Fsp3) is 1.00. The zero-order chi connectivity index (χ0) is 20.3. The summed E-state index contributed by atoms with van der Waals surface area (Å²) in [5.41, 5.74) is 0. The fourth-order valence-electron chi connectivity index (χ4n) is 5.03. The van der Waals surface area contributed by atoms with Crippen LogP contribution in [0.15, 0.2) is 0 Å². The Morgan fingerprint density at radius 2 is 1.83 bits per heavy atom. The molecule has 3 fully saturated rings. The predicted octanol–water partition coefficient (Wildman–Crippen LogP) is 3.28. The first-order valence-electron chi connectivity index (χ1n) is 11.9. The summed E-state index contributed by atoms with van der Waals surface area (Å²) in [4.78, 5) is 5.21. The highest BCUT2D eigenvalue weighted by molar-refractivity contribution is 7.99. The maximum absolute atomic E-state index is 5.82. The summed E-state index contributed by atoms with van der Waals surface area (Å²) in [6.45, 7) is 9.78. The SMILES string of the molecule is SCCN1CCC(SCCN2CCOCC2C(S)CNCC2CCCCC2)CC1. The molecule has 2 heterocycles. The molecule has 0 spiro atoms. The van der Waals surface area contributed by atoms with E-state index in [2.05, 4.69) is 39.5 Å². The standard InChI is InChI=1S/C22H43N3OS3/c27-14-11-24-8-6-20(7-9-24)29-15-12-25-10-13-26-18-21(25)22(28)17-23-16-19-4-2-1-3-5-19/h19-23,27-28H,1-18H2. The number of morpholine rings is 1. The molecule has 1 N–H and O–H groups in total. The van der Waals surface area contributed by atoms with E-state index >= 15 is 0 Å². The van der Waals surface area contributed by atoms with Crippen LogP contribution in [0.4, 0.5) is 0 Å². The summed E-state index contributed by atoms with van der Waals surface area (Å²) < 4.78 is 5.82. The summed E-state index contributed by atoms with van der Waals surface area (Å²) >= 11 is 11.5. The maximum atomic E-state index is 5.82. The van der Waals surface area contributed by atoms with Crippen molar-refractivity contribution in [3.05, 3.63) is 0 Å². The maximum Gasteiger partial charge on any atom is 0.0633 e. The molecule has 0 bridgehead atoms. The quantitative estimate of drug-likeness (QED) is 0.411. The number of thiol groups is 2. The van der Waals surface area contributed by atoms with E-state index in [1.165, 1.54) is 76.9 Å². The summed E-state index contributed by atoms with van der Waals surface area (Å²) in [6, 6.07) is 0.448. The van der Waals surface area contributed by atoms with Gasteiger partial charge in [0.2, 0.25) is 0 Å². The Labute approximate surface area is 194 Å². The van der Waals surface area contributed by atoms with Crippen molar-refractivity contribution in [1.82, 2.24) is 15.1 Å². The van der Waals surface area contributed by atoms with Gasteiger partial charge in [0, 0.05) is 54.2 Å². The van der Waals surface area contributed by atoms with Crippen LogP contribution in [0.2, 0.25) is 0 Å². The number of hydrogen-bond acceptors (Lipinski definition) is 7. The number of piperidine rings is 1. The van der Waals surface area contributed by atoms with Gasteiger partial charge >= 0.3 is 0 Å². The van der Waals surface area contributed by atoms with Crippen LogP contribution in [0.25, 0.3) is 0 Å². The van der Waals surface area contributed by atoms with Crippen LogP contribution < -0.4 is 5.32 Å². The third-order valence-corrected chi connectivity index (χ3v) is 9.01. The van der Waals surface area contributed by atoms with Gasteiger partial charge in [-0.15, -0.1) is 0 Å². The first-order valence-corrected chi connectivity index (χ1v) is 14.1. The molecule has 1 saturated carbocycles. The summed E-state index contributed by atoms with van der Waals surface area (Å²) in [6.07, 6.45) is 9.78. The second-order valence-electron chi connectivity index (χ2n) is 9.04. The van der Waals surface area contributed by atoms with Crippen molar-refractivity contribution in [2.24, 2.45) is 5.92 Å². The van der Waals surface area contributed by atoms with Crippen molar-refractivity contribution in [3.63, 3.8) is 0 Å². The lowest BCUT2D eigenvalue weighted by Gasteiger charge is -2.39. The van der Waals surface area contributed by atoms with Crippen molar-refractivity contribution >= 4 is 37.0 Å². The lowest BCUT2D eigenvalue weighted by atomic mass is 9.89. The molecular formula is C22H43N3OS3. The van der Waals surface area contributed by atoms with Gasteiger partial charge in [0.05, 0.1) is 13.2 Å². The predicted molar refractivity (Wildman–Crippen MR) is 134 cm³/mol. The molecule has 7 heteroatoms. The molecule has 4 nitrogen and oxygen atoms in total. The van der Waals surface area contributed by atoms with Crippen LogP contribution in [0, 0.1) is 5.92 Å². The van der Waals surface area contributed by atoms with E-state index < -0.39 is 0 Å². The number of hydrogen-bond donors (Lipinski definition) is 3. The monoisotopic (exact) mass is 461 g/mol. The van der Waals surface area contributed by atoms with Crippen LogP contribution in [-0.2, 0) is 4.74 Å². The van der Waals surface area contributed by atoms with Gasteiger partial charge in [-0.25, -0.2) is 0 Å². The number of thioether (sulfide) groups is 1. The van der Waals surface area contributed by atoms with Gasteiger partial charge in [0.15, 0.2) is 0 Å². The summed E-state index contributed by atoms with van der Waals surface area (Å²) in [5, 5.41) is 4.92. The second kappa shape index (κ2) is 14.1. The molecule has 2 saturated heterocycles. The molecule has 0 radical (unpaired) electrons. The van der Waals surface area contributed by atoms with E-state index in [0.29, 0.717) is 11.3 Å². The Morgan fingerprint density at radius 1 is 1.03 bits per heavy atom. The van der Waals surface area contributed by atoms with E-state index in [0.717, 1.165) is 49.8 Å². The van der Waals surface area contributed by atoms with Gasteiger partial charge in [0.25, 0.3) is 0 Å². The molecule has 29 heavy (non-hydrogen) atoms. The van der Waals surface area contributed by atoms with Gasteiger partial charge in [-0.05, 0) is 51.2 Å². The average Bonchev–Trinajstić information content (AvgIpc) is 2.76. The van der Waals surface area contributed by atoms with Crippen molar-refractivity contribution in [2.45, 2.75) is 61.5 Å². The Bertz CT molecular complexity index is 432. The minimum atomic E-state index is 0.355. The molecular weight excluding hydrogens is 418 g/mol. The highest BCUT2D eigenvalue weighted by atomic mass is 32.2. The lowest BCUT2D eigenvalue weighted by Crippen LogP contribution is -2.53. The molecule has 0 amide bonds. The van der Waals surface area contributed by atoms with Crippen molar-refractivity contribution in [1.29, 1.82) is 0 Å². The minimum Gasteiger partial charge on any atom is -0.378 e. The van der Waals surface area contributed by atoms with Crippen LogP contribution >= 0.6 is 37.0 Å². The highest BCUT2D eigenvalue weighted by Gasteiger charge is 2.29. The van der Waals surface area contributed by atoms with E-state index in [9.17, 15) is 0 Å². The van der Waals surface area contributed by atoms with Crippen molar-refractivity contribution in [3.8, 4) is 0 Å². The number of nitrogens with one attached hydrogen (secondary N) is 1. The third kappa shape index (κ3) is 8.74. The van der Waals surface area contributed by atoms with Gasteiger partial charge in [0.1, 0.15) is 0 Å². The molecule has 3 aliphatic rings. The number of likely N-dealkylation sites (tertiary alicyclic amines) is 1. The molecule has 2 unspecified atom stereocenters. The number of nitrogens with zero attached hydrogens (tertiary/aromatic N) is 2. The van der Waals surface area contributed by atoms with Crippen LogP contribution in [0.5, 0.6) is 0 Å². The van der Waals surface area contributed by atoms with Crippen LogP contribution in [0.1, 0.15) is 44.9 Å². The van der Waals surface area contributed by atoms with E-state index in [-0.39, 0.29) is 0 Å². The second-order valence-corrected chi connectivity index (χ2v) is 11.6. The van der Waals surface area contributed by atoms with Gasteiger partial charge in [-0.3, -0.25) is 4.90 Å². The van der Waals surface area contributed by atoms with E-state index in [1.807, 2.05) is 0 Å². The van der Waals surface area contributed by atoms with Gasteiger partial charge in [-0.2, -0.15) is 37.0 Å². The molecule has 1 aliphatic carbocycles. The Morgan fingerprint density at radius 3 is 2.59 bits per heavy atom. The average molecular weight is 462 g/mol. The Balaban J connectivity index is 1.32. The topological polar surface area (TPSA) is 27.7 Å². The molecule has 3 rings (SSSR count). The normalized spacial score (nSPS) is 27.3. The highest BCUT2D eigenvalue weighted by Crippen LogP contribution is 2.25. The smallest absolute Gasteiger partial charge is 0.0633 e. The van der Waals surface area contributed by atoms with Crippen molar-refractivity contribution in [2.75, 3.05) is 70.5 Å². The number of rotatable bonds is 11. The minimum absolute atomic E-state index is 0.355. The first kappa shape index (κ1) is 24.5. The molecule has 0 aromatic heterocycles. The van der Waals surface area contributed by atoms with Gasteiger partial charge in [-0.1, -0.05) is 19.3 Å². The summed E-state index contributed by atoms with van der Waals surface area (Å²) in [5.74, 6) is 3.11. The molecule has 0 aromatic rings. The lowest BCUT2D eigenvalue weighted by molar-refractivity contribution is -0.00449.